The van der Waals surface area contributed by atoms with Crippen LogP contribution in [0.25, 0.3) is 22.1 Å². The molecule has 0 spiro atoms. The summed E-state index contributed by atoms with van der Waals surface area (Å²) >= 11 is 1.38. The lowest BCUT2D eigenvalue weighted by atomic mass is 10.2. The Bertz CT molecular complexity index is 1490. The molecule has 0 aliphatic rings. The summed E-state index contributed by atoms with van der Waals surface area (Å²) in [5, 5.41) is 0. The van der Waals surface area contributed by atoms with Gasteiger partial charge in [0.1, 0.15) is 24.7 Å². The number of nitrogens with zero attached hydrogens (tertiary/aromatic N) is 2. The van der Waals surface area contributed by atoms with Crippen molar-refractivity contribution in [2.45, 2.75) is 6.92 Å². The van der Waals surface area contributed by atoms with Gasteiger partial charge in [-0.2, -0.15) is 0 Å². The third kappa shape index (κ3) is 3.78. The number of para-hydroxylation sites is 4. The molecule has 0 aliphatic carbocycles. The average molecular weight is 429 g/mol. The summed E-state index contributed by atoms with van der Waals surface area (Å²) in [6.45, 7) is 2.86. The van der Waals surface area contributed by atoms with Crippen LogP contribution in [-0.2, 0) is 0 Å². The molecule has 0 aliphatic heterocycles. The van der Waals surface area contributed by atoms with Crippen molar-refractivity contribution in [2.24, 2.45) is 0 Å². The lowest BCUT2D eigenvalue weighted by Gasteiger charge is -2.11. The Morgan fingerprint density at radius 2 is 1.58 bits per heavy atom. The lowest BCUT2D eigenvalue weighted by Crippen LogP contribution is -2.22. The molecule has 0 atom stereocenters. The standard InChI is InChI=1S/C25H20N2O3S/c1-17-8-2-6-12-21(17)29-14-15-30-22-13-7-3-9-18(22)16-23-24(28)27-20-11-5-4-10-19(20)26-25(27)31-23/h2-13,16H,14-15H2,1H3/b23-16-. The Kier molecular flexibility index (Phi) is 5.14. The first-order valence-electron chi connectivity index (χ1n) is 10.0. The van der Waals surface area contributed by atoms with Crippen LogP contribution in [0.1, 0.15) is 11.1 Å². The van der Waals surface area contributed by atoms with Crippen molar-refractivity contribution in [3.63, 3.8) is 0 Å². The van der Waals surface area contributed by atoms with Crippen molar-refractivity contribution < 1.29 is 9.47 Å². The molecule has 0 saturated carbocycles. The van der Waals surface area contributed by atoms with E-state index in [9.17, 15) is 4.79 Å². The summed E-state index contributed by atoms with van der Waals surface area (Å²) in [4.78, 5) is 18.3. The van der Waals surface area contributed by atoms with Gasteiger partial charge in [0, 0.05) is 5.56 Å². The van der Waals surface area contributed by atoms with Gasteiger partial charge in [-0.3, -0.25) is 4.79 Å². The first kappa shape index (κ1) is 19.3. The predicted octanol–water partition coefficient (Wildman–Crippen LogP) is 4.22. The van der Waals surface area contributed by atoms with Crippen molar-refractivity contribution in [3.8, 4) is 11.5 Å². The first-order valence-corrected chi connectivity index (χ1v) is 10.8. The first-order chi connectivity index (χ1) is 15.2. The quantitative estimate of drug-likeness (QED) is 0.380. The highest BCUT2D eigenvalue weighted by Gasteiger charge is 2.11. The van der Waals surface area contributed by atoms with Crippen LogP contribution in [-0.4, -0.2) is 22.6 Å². The summed E-state index contributed by atoms with van der Waals surface area (Å²) in [7, 11) is 0. The van der Waals surface area contributed by atoms with E-state index in [1.807, 2.05) is 85.8 Å². The number of fused-ring (bicyclic) bond motifs is 3. The molecule has 0 bridgehead atoms. The Labute approximate surface area is 182 Å². The van der Waals surface area contributed by atoms with Crippen LogP contribution in [0, 0.1) is 6.92 Å². The van der Waals surface area contributed by atoms with Crippen LogP contribution >= 0.6 is 11.3 Å². The van der Waals surface area contributed by atoms with Crippen LogP contribution in [0.4, 0.5) is 0 Å². The number of rotatable bonds is 6. The maximum absolute atomic E-state index is 13.0. The molecule has 0 radical (unpaired) electrons. The number of hydrogen-bond donors (Lipinski definition) is 0. The predicted molar refractivity (Wildman–Crippen MR) is 124 cm³/mol. The zero-order chi connectivity index (χ0) is 21.2. The Morgan fingerprint density at radius 3 is 2.42 bits per heavy atom. The van der Waals surface area contributed by atoms with Crippen LogP contribution in [0.5, 0.6) is 11.5 Å². The molecule has 0 saturated heterocycles. The Morgan fingerprint density at radius 1 is 0.903 bits per heavy atom. The number of aromatic nitrogens is 2. The van der Waals surface area contributed by atoms with Crippen LogP contribution < -0.4 is 19.6 Å². The zero-order valence-electron chi connectivity index (χ0n) is 16.9. The highest BCUT2D eigenvalue weighted by atomic mass is 32.1. The molecule has 2 aromatic heterocycles. The smallest absolute Gasteiger partial charge is 0.274 e. The van der Waals surface area contributed by atoms with E-state index in [1.165, 1.54) is 11.3 Å². The van der Waals surface area contributed by atoms with E-state index in [4.69, 9.17) is 9.47 Å². The third-order valence-electron chi connectivity index (χ3n) is 5.04. The molecule has 31 heavy (non-hydrogen) atoms. The van der Waals surface area contributed by atoms with Crippen LogP contribution in [0.3, 0.4) is 0 Å². The molecule has 154 valence electrons. The molecular formula is C25H20N2O3S. The minimum Gasteiger partial charge on any atom is -0.490 e. The summed E-state index contributed by atoms with van der Waals surface area (Å²) in [5.41, 5.74) is 3.54. The number of hydrogen-bond acceptors (Lipinski definition) is 5. The maximum Gasteiger partial charge on any atom is 0.274 e. The van der Waals surface area contributed by atoms with E-state index < -0.39 is 0 Å². The summed E-state index contributed by atoms with van der Waals surface area (Å²) in [6, 6.07) is 23.3. The van der Waals surface area contributed by atoms with E-state index in [1.54, 1.807) is 4.40 Å². The molecule has 3 aromatic carbocycles. The van der Waals surface area contributed by atoms with Gasteiger partial charge in [0.05, 0.1) is 15.6 Å². The molecule has 2 heterocycles. The fourth-order valence-electron chi connectivity index (χ4n) is 3.51. The minimum atomic E-state index is -0.0635. The van der Waals surface area contributed by atoms with Gasteiger partial charge in [0.2, 0.25) is 0 Å². The molecule has 5 nitrogen and oxygen atoms in total. The van der Waals surface area contributed by atoms with Gasteiger partial charge < -0.3 is 9.47 Å². The second-order valence-electron chi connectivity index (χ2n) is 7.13. The highest BCUT2D eigenvalue weighted by Crippen LogP contribution is 2.20. The molecule has 5 rings (SSSR count). The molecule has 0 fully saturated rings. The van der Waals surface area contributed by atoms with E-state index in [-0.39, 0.29) is 5.56 Å². The van der Waals surface area contributed by atoms with Crippen molar-refractivity contribution >= 4 is 33.4 Å². The molecule has 5 aromatic rings. The fraction of sp³-hybridized carbons (Fsp3) is 0.120. The van der Waals surface area contributed by atoms with Crippen LogP contribution in [0.15, 0.2) is 77.6 Å². The van der Waals surface area contributed by atoms with Crippen molar-refractivity contribution in [2.75, 3.05) is 13.2 Å². The number of thiazole rings is 1. The van der Waals surface area contributed by atoms with Gasteiger partial charge in [0.15, 0.2) is 4.96 Å². The van der Waals surface area contributed by atoms with E-state index >= 15 is 0 Å². The Hall–Kier alpha value is -3.64. The zero-order valence-corrected chi connectivity index (χ0v) is 17.8. The molecule has 0 N–H and O–H groups in total. The second kappa shape index (κ2) is 8.24. The van der Waals surface area contributed by atoms with Crippen molar-refractivity contribution in [1.29, 1.82) is 0 Å². The van der Waals surface area contributed by atoms with Gasteiger partial charge in [-0.05, 0) is 42.8 Å². The summed E-state index contributed by atoms with van der Waals surface area (Å²) in [5.74, 6) is 1.57. The lowest BCUT2D eigenvalue weighted by molar-refractivity contribution is 0.216. The van der Waals surface area contributed by atoms with E-state index in [2.05, 4.69) is 4.98 Å². The van der Waals surface area contributed by atoms with Gasteiger partial charge in [-0.25, -0.2) is 9.38 Å². The molecule has 0 amide bonds. The minimum absolute atomic E-state index is 0.0635. The second-order valence-corrected chi connectivity index (χ2v) is 8.14. The maximum atomic E-state index is 13.0. The van der Waals surface area contributed by atoms with E-state index in [0.717, 1.165) is 27.9 Å². The normalized spacial score (nSPS) is 12.0. The van der Waals surface area contributed by atoms with Gasteiger partial charge >= 0.3 is 0 Å². The fourth-order valence-corrected chi connectivity index (χ4v) is 4.48. The number of ether oxygens (including phenoxy) is 2. The van der Waals surface area contributed by atoms with Gasteiger partial charge in [-0.1, -0.05) is 59.9 Å². The monoisotopic (exact) mass is 428 g/mol. The summed E-state index contributed by atoms with van der Waals surface area (Å²) < 4.78 is 14.1. The topological polar surface area (TPSA) is 52.8 Å². The average Bonchev–Trinajstić information content (AvgIpc) is 3.29. The number of benzene rings is 3. The number of imidazole rings is 1. The largest absolute Gasteiger partial charge is 0.490 e. The van der Waals surface area contributed by atoms with Crippen LogP contribution in [0.2, 0.25) is 0 Å². The SMILES string of the molecule is Cc1ccccc1OCCOc1ccccc1/C=c1\sc2nc3ccccc3n2c1=O. The van der Waals surface area contributed by atoms with Crippen molar-refractivity contribution in [1.82, 2.24) is 9.38 Å². The van der Waals surface area contributed by atoms with Crippen molar-refractivity contribution in [3.05, 3.63) is 98.8 Å². The van der Waals surface area contributed by atoms with E-state index in [0.29, 0.717) is 28.5 Å². The summed E-state index contributed by atoms with van der Waals surface area (Å²) in [6.07, 6.45) is 1.87. The van der Waals surface area contributed by atoms with Gasteiger partial charge in [-0.15, -0.1) is 0 Å². The molecule has 6 heteroatoms. The third-order valence-corrected chi connectivity index (χ3v) is 6.01. The van der Waals surface area contributed by atoms with Gasteiger partial charge in [0.25, 0.3) is 5.56 Å². The number of aryl methyl sites for hydroxylation is 1. The Balaban J connectivity index is 1.39. The highest BCUT2D eigenvalue weighted by molar-refractivity contribution is 7.15. The molecular weight excluding hydrogens is 408 g/mol. The molecule has 0 unspecified atom stereocenters.